The molecule has 0 spiro atoms. The van der Waals surface area contributed by atoms with Gasteiger partial charge in [0, 0.05) is 45.3 Å². The monoisotopic (exact) mass is 322 g/mol. The predicted octanol–water partition coefficient (Wildman–Crippen LogP) is -0.0648. The quantitative estimate of drug-likeness (QED) is 0.408. The molecule has 0 N–H and O–H groups in total. The standard InChI is InChI=1S/C12H13N3O2.C2H6NOP/c16-9-7-8(13-1-2-13)12(17)11(15-5-6-15)10(9)14-3-4-14;1-3(2)5-4/h7H,1-6H2;1-2H3. The van der Waals surface area contributed by atoms with Gasteiger partial charge in [0.25, 0.3) is 0 Å². The fourth-order valence-corrected chi connectivity index (χ4v) is 2.28. The Morgan fingerprint density at radius 3 is 1.77 bits per heavy atom. The Bertz CT molecular complexity index is 587. The molecule has 3 fully saturated rings. The van der Waals surface area contributed by atoms with E-state index in [0.717, 1.165) is 39.3 Å². The fraction of sp³-hybridized carbons (Fsp3) is 0.571. The third-order valence-corrected chi connectivity index (χ3v) is 3.98. The summed E-state index contributed by atoms with van der Waals surface area (Å²) in [6.45, 7) is 5.41. The lowest BCUT2D eigenvalue weighted by molar-refractivity contribution is -0.117. The molecular weight excluding hydrogens is 303 g/mol. The maximum absolute atomic E-state index is 12.4. The van der Waals surface area contributed by atoms with Crippen molar-refractivity contribution in [3.8, 4) is 0 Å². The Balaban J connectivity index is 0.000000254. The summed E-state index contributed by atoms with van der Waals surface area (Å²) in [6, 6.07) is 0. The van der Waals surface area contributed by atoms with Crippen LogP contribution in [0.3, 0.4) is 0 Å². The van der Waals surface area contributed by atoms with Gasteiger partial charge in [0.05, 0.1) is 5.70 Å². The highest BCUT2D eigenvalue weighted by Crippen LogP contribution is 2.33. The minimum atomic E-state index is 0.00546. The van der Waals surface area contributed by atoms with Crippen molar-refractivity contribution in [2.24, 2.45) is 0 Å². The fourth-order valence-electron chi connectivity index (χ4n) is 2.28. The zero-order chi connectivity index (χ0) is 15.9. The summed E-state index contributed by atoms with van der Waals surface area (Å²) in [5, 5.41) is 0. The average molecular weight is 322 g/mol. The van der Waals surface area contributed by atoms with Gasteiger partial charge in [-0.15, -0.1) is 0 Å². The van der Waals surface area contributed by atoms with Crippen LogP contribution in [-0.4, -0.2) is 84.3 Å². The Morgan fingerprint density at radius 1 is 0.909 bits per heavy atom. The molecule has 4 aliphatic rings. The average Bonchev–Trinajstić information content (AvgIpc) is 3.34. The van der Waals surface area contributed by atoms with Crippen LogP contribution in [0.25, 0.3) is 0 Å². The molecule has 0 unspecified atom stereocenters. The summed E-state index contributed by atoms with van der Waals surface area (Å²) in [4.78, 5) is 30.5. The molecule has 3 heterocycles. The largest absolute Gasteiger partial charge is 0.365 e. The molecule has 7 nitrogen and oxygen atoms in total. The molecule has 0 aromatic heterocycles. The Labute approximate surface area is 131 Å². The highest BCUT2D eigenvalue weighted by Gasteiger charge is 2.43. The maximum atomic E-state index is 12.4. The van der Waals surface area contributed by atoms with Crippen molar-refractivity contribution in [2.45, 2.75) is 0 Å². The van der Waals surface area contributed by atoms with E-state index in [-0.39, 0.29) is 20.2 Å². The number of allylic oxidation sites excluding steroid dienone is 1. The molecule has 1 aliphatic carbocycles. The van der Waals surface area contributed by atoms with Gasteiger partial charge in [-0.2, -0.15) is 0 Å². The second kappa shape index (κ2) is 5.82. The minimum absolute atomic E-state index is 0.00546. The molecule has 0 atom stereocenters. The van der Waals surface area contributed by atoms with E-state index < -0.39 is 0 Å². The number of hydrogen-bond donors (Lipinski definition) is 0. The number of rotatable bonds is 4. The first-order valence-electron chi connectivity index (χ1n) is 7.33. The van der Waals surface area contributed by atoms with Crippen LogP contribution in [-0.2, 0) is 14.2 Å². The topological polar surface area (TPSA) is 63.5 Å². The van der Waals surface area contributed by atoms with Gasteiger partial charge < -0.3 is 14.7 Å². The molecule has 118 valence electrons. The summed E-state index contributed by atoms with van der Waals surface area (Å²) in [7, 11) is 3.54. The van der Waals surface area contributed by atoms with E-state index in [4.69, 9.17) is 0 Å². The van der Waals surface area contributed by atoms with Crippen molar-refractivity contribution in [3.05, 3.63) is 23.2 Å². The van der Waals surface area contributed by atoms with Crippen LogP contribution in [0.5, 0.6) is 0 Å². The van der Waals surface area contributed by atoms with Crippen LogP contribution in [0.15, 0.2) is 23.2 Å². The van der Waals surface area contributed by atoms with E-state index in [1.54, 1.807) is 18.8 Å². The van der Waals surface area contributed by atoms with Gasteiger partial charge in [-0.25, -0.2) is 4.67 Å². The van der Waals surface area contributed by atoms with Crippen LogP contribution in [0, 0.1) is 0 Å². The summed E-state index contributed by atoms with van der Waals surface area (Å²) in [6.07, 6.45) is 1.52. The second-order valence-corrected chi connectivity index (χ2v) is 6.77. The van der Waals surface area contributed by atoms with Gasteiger partial charge in [-0.05, 0) is 14.1 Å². The van der Waals surface area contributed by atoms with Crippen molar-refractivity contribution >= 4 is 20.2 Å². The number of carbonyl (C=O) groups excluding carboxylic acids is 2. The molecule has 0 radical (unpaired) electrons. The van der Waals surface area contributed by atoms with E-state index in [0.29, 0.717) is 17.1 Å². The van der Waals surface area contributed by atoms with E-state index in [9.17, 15) is 14.2 Å². The highest BCUT2D eigenvalue weighted by molar-refractivity contribution is 7.20. The molecule has 0 aromatic carbocycles. The van der Waals surface area contributed by atoms with Crippen LogP contribution in [0.1, 0.15) is 0 Å². The minimum Gasteiger partial charge on any atom is -0.365 e. The summed E-state index contributed by atoms with van der Waals surface area (Å²) >= 11 is 0. The summed E-state index contributed by atoms with van der Waals surface area (Å²) < 4.78 is 11.1. The lowest BCUT2D eigenvalue weighted by Gasteiger charge is -2.21. The molecule has 8 heteroatoms. The molecule has 0 aromatic rings. The molecule has 0 amide bonds. The van der Waals surface area contributed by atoms with E-state index in [1.165, 1.54) is 6.08 Å². The van der Waals surface area contributed by atoms with E-state index in [1.807, 2.05) is 14.7 Å². The molecular formula is C14H19N4O3P. The third kappa shape index (κ3) is 3.20. The molecule has 3 aliphatic heterocycles. The van der Waals surface area contributed by atoms with E-state index >= 15 is 0 Å². The smallest absolute Gasteiger partial charge is 0.248 e. The first-order chi connectivity index (χ1) is 10.5. The molecule has 0 saturated carbocycles. The van der Waals surface area contributed by atoms with Crippen LogP contribution < -0.4 is 0 Å². The van der Waals surface area contributed by atoms with Crippen molar-refractivity contribution in [3.63, 3.8) is 0 Å². The molecule has 0 bridgehead atoms. The number of ketones is 2. The Hall–Kier alpha value is -1.72. The number of hydrogen-bond acceptors (Lipinski definition) is 6. The van der Waals surface area contributed by atoms with Crippen molar-refractivity contribution in [1.82, 2.24) is 19.4 Å². The Morgan fingerprint density at radius 2 is 1.36 bits per heavy atom. The zero-order valence-electron chi connectivity index (χ0n) is 12.8. The summed E-state index contributed by atoms with van der Waals surface area (Å²) in [5.74, 6) is 0.0485. The first kappa shape index (κ1) is 15.2. The van der Waals surface area contributed by atoms with Crippen molar-refractivity contribution in [2.75, 3.05) is 53.4 Å². The van der Waals surface area contributed by atoms with Gasteiger partial charge >= 0.3 is 0 Å². The van der Waals surface area contributed by atoms with Crippen molar-refractivity contribution < 1.29 is 14.2 Å². The highest BCUT2D eigenvalue weighted by atomic mass is 31.1. The van der Waals surface area contributed by atoms with Crippen LogP contribution in [0.4, 0.5) is 0 Å². The first-order valence-corrected chi connectivity index (χ1v) is 8.10. The molecule has 3 saturated heterocycles. The van der Waals surface area contributed by atoms with Gasteiger partial charge in [0.15, 0.2) is 0 Å². The van der Waals surface area contributed by atoms with Gasteiger partial charge in [0.1, 0.15) is 11.4 Å². The maximum Gasteiger partial charge on any atom is 0.248 e. The lowest BCUT2D eigenvalue weighted by Crippen LogP contribution is -2.29. The zero-order valence-corrected chi connectivity index (χ0v) is 13.7. The Kier molecular flexibility index (Phi) is 4.02. The number of nitrogens with zero attached hydrogens (tertiary/aromatic N) is 4. The number of carbonyl (C=O) groups is 2. The summed E-state index contributed by atoms with van der Waals surface area (Å²) in [5.41, 5.74) is 1.89. The predicted molar refractivity (Wildman–Crippen MR) is 81.1 cm³/mol. The van der Waals surface area contributed by atoms with Gasteiger partial charge in [-0.1, -0.05) is 0 Å². The van der Waals surface area contributed by atoms with Crippen molar-refractivity contribution in [1.29, 1.82) is 0 Å². The SMILES string of the molecule is CN(C)P=O.O=C1C=C(N2CC2)C(=O)C(N2CC2)=C1N1CC1. The van der Waals surface area contributed by atoms with Gasteiger partial charge in [-0.3, -0.25) is 14.2 Å². The van der Waals surface area contributed by atoms with Gasteiger partial charge in [0.2, 0.25) is 20.2 Å². The van der Waals surface area contributed by atoms with Crippen LogP contribution >= 0.6 is 8.61 Å². The molecule has 4 rings (SSSR count). The van der Waals surface area contributed by atoms with Crippen LogP contribution in [0.2, 0.25) is 0 Å². The molecule has 22 heavy (non-hydrogen) atoms. The van der Waals surface area contributed by atoms with E-state index in [2.05, 4.69) is 0 Å². The second-order valence-electron chi connectivity index (χ2n) is 5.81. The lowest BCUT2D eigenvalue weighted by atomic mass is 10.0. The normalized spacial score (nSPS) is 22.9. The number of Topliss-reactive ketones (excluding diaryl/α,β-unsaturated/α-hetero) is 1. The third-order valence-electron chi connectivity index (χ3n) is 3.65.